The number of piperidine rings is 1. The summed E-state index contributed by atoms with van der Waals surface area (Å²) in [5.41, 5.74) is 1.51. The third-order valence-electron chi connectivity index (χ3n) is 6.67. The Bertz CT molecular complexity index is 1280. The van der Waals surface area contributed by atoms with Crippen molar-refractivity contribution in [1.29, 1.82) is 0 Å². The lowest BCUT2D eigenvalue weighted by Gasteiger charge is -2.34. The van der Waals surface area contributed by atoms with Crippen LogP contribution in [0.3, 0.4) is 0 Å². The molecule has 39 heavy (non-hydrogen) atoms. The van der Waals surface area contributed by atoms with Gasteiger partial charge in [0.25, 0.3) is 0 Å². The van der Waals surface area contributed by atoms with Gasteiger partial charge in [0.15, 0.2) is 11.6 Å². The van der Waals surface area contributed by atoms with Gasteiger partial charge in [-0.15, -0.1) is 5.10 Å². The van der Waals surface area contributed by atoms with Crippen molar-refractivity contribution < 1.29 is 19.1 Å². The van der Waals surface area contributed by atoms with E-state index in [0.717, 1.165) is 18.4 Å². The Labute approximate surface area is 236 Å². The van der Waals surface area contributed by atoms with Gasteiger partial charge in [-0.25, -0.2) is 9.48 Å². The van der Waals surface area contributed by atoms with Crippen molar-refractivity contribution in [3.05, 3.63) is 75.5 Å². The summed E-state index contributed by atoms with van der Waals surface area (Å²) in [5.74, 6) is -0.232. The van der Waals surface area contributed by atoms with Gasteiger partial charge < -0.3 is 10.1 Å². The molecule has 12 heteroatoms. The fourth-order valence-electron chi connectivity index (χ4n) is 4.49. The summed E-state index contributed by atoms with van der Waals surface area (Å²) in [6, 6.07) is 13.0. The van der Waals surface area contributed by atoms with Crippen molar-refractivity contribution in [2.75, 3.05) is 6.54 Å². The van der Waals surface area contributed by atoms with E-state index >= 15 is 0 Å². The predicted octanol–water partition coefficient (Wildman–Crippen LogP) is 4.23. The average Bonchev–Trinajstić information content (AvgIpc) is 3.39. The third-order valence-corrected chi connectivity index (χ3v) is 7.37. The summed E-state index contributed by atoms with van der Waals surface area (Å²) in [7, 11) is 0. The molecule has 1 fully saturated rings. The minimum Gasteiger partial charge on any atom is -0.445 e. The number of nitrogens with one attached hydrogen (secondary N) is 1. The van der Waals surface area contributed by atoms with Gasteiger partial charge in [0.2, 0.25) is 5.91 Å². The predicted molar refractivity (Wildman–Crippen MR) is 145 cm³/mol. The lowest BCUT2D eigenvalue weighted by molar-refractivity contribution is -0.132. The van der Waals surface area contributed by atoms with Crippen LogP contribution in [0.25, 0.3) is 0 Å². The van der Waals surface area contributed by atoms with Crippen LogP contribution in [0.1, 0.15) is 49.6 Å². The molecule has 1 aliphatic rings. The molecule has 0 aliphatic carbocycles. The molecule has 0 bridgehead atoms. The lowest BCUT2D eigenvalue weighted by Crippen LogP contribution is -2.55. The quantitative estimate of drug-likeness (QED) is 0.386. The van der Waals surface area contributed by atoms with Gasteiger partial charge in [0.05, 0.1) is 6.04 Å². The van der Waals surface area contributed by atoms with Gasteiger partial charge >= 0.3 is 6.09 Å². The molecule has 1 saturated heterocycles. The van der Waals surface area contributed by atoms with Crippen LogP contribution in [-0.2, 0) is 33.9 Å². The van der Waals surface area contributed by atoms with Gasteiger partial charge in [0.1, 0.15) is 19.2 Å². The molecule has 206 valence electrons. The number of halogens is 2. The van der Waals surface area contributed by atoms with Crippen LogP contribution < -0.4 is 5.32 Å². The topological polar surface area (TPSA) is 119 Å². The van der Waals surface area contributed by atoms with Gasteiger partial charge in [-0.2, -0.15) is 0 Å². The maximum atomic E-state index is 13.3. The molecule has 3 aromatic rings. The van der Waals surface area contributed by atoms with Crippen LogP contribution in [0.5, 0.6) is 0 Å². The van der Waals surface area contributed by atoms with Crippen LogP contribution in [0.15, 0.2) is 48.5 Å². The van der Waals surface area contributed by atoms with Crippen LogP contribution in [0, 0.1) is 0 Å². The van der Waals surface area contributed by atoms with E-state index in [1.165, 1.54) is 9.58 Å². The Morgan fingerprint density at radius 2 is 1.82 bits per heavy atom. The van der Waals surface area contributed by atoms with E-state index < -0.39 is 18.2 Å². The first-order valence-electron chi connectivity index (χ1n) is 12.9. The summed E-state index contributed by atoms with van der Waals surface area (Å²) in [6.45, 7) is 2.19. The highest BCUT2D eigenvalue weighted by Crippen LogP contribution is 2.26. The summed E-state index contributed by atoms with van der Waals surface area (Å²) < 4.78 is 6.85. The number of ether oxygens (including phenoxy) is 1. The van der Waals surface area contributed by atoms with Crippen molar-refractivity contribution in [2.45, 2.75) is 64.3 Å². The molecule has 1 unspecified atom stereocenters. The maximum Gasteiger partial charge on any atom is 0.410 e. The zero-order chi connectivity index (χ0) is 27.8. The highest BCUT2D eigenvalue weighted by atomic mass is 35.5. The molecule has 10 nitrogen and oxygen atoms in total. The van der Waals surface area contributed by atoms with Crippen molar-refractivity contribution in [1.82, 2.24) is 30.4 Å². The number of nitrogens with zero attached hydrogens (tertiary/aromatic N) is 5. The van der Waals surface area contributed by atoms with E-state index in [-0.39, 0.29) is 31.3 Å². The first-order chi connectivity index (χ1) is 18.9. The number of tetrazole rings is 1. The third kappa shape index (κ3) is 7.33. The number of benzene rings is 2. The fourth-order valence-corrected chi connectivity index (χ4v) is 5.02. The number of likely N-dealkylation sites (tertiary alicyclic amines) is 1. The number of aromatic nitrogens is 4. The Hall–Kier alpha value is -3.50. The number of ketones is 1. The van der Waals surface area contributed by atoms with Gasteiger partial charge in [0, 0.05) is 23.0 Å². The van der Waals surface area contributed by atoms with E-state index in [1.807, 2.05) is 30.3 Å². The molecule has 1 aliphatic heterocycles. The molecule has 2 amide bonds. The molecule has 2 atom stereocenters. The molecule has 0 saturated carbocycles. The second kappa shape index (κ2) is 13.5. The number of hydrogen-bond acceptors (Lipinski definition) is 7. The Morgan fingerprint density at radius 1 is 1.08 bits per heavy atom. The zero-order valence-electron chi connectivity index (χ0n) is 21.6. The monoisotopic (exact) mass is 572 g/mol. The summed E-state index contributed by atoms with van der Waals surface area (Å²) >= 11 is 12.6. The molecule has 4 rings (SSSR count). The normalized spacial score (nSPS) is 16.0. The van der Waals surface area contributed by atoms with Crippen LogP contribution >= 0.6 is 23.2 Å². The standard InChI is InChI=1S/C27H30Cl2N6O4/c1-2-22(24(36)16-35-25(31-32-33-35)15-19-20(28)11-8-12-21(19)29)30-26(37)23-13-6-7-14-34(23)27(38)39-17-18-9-4-3-5-10-18/h3-5,8-12,22-23H,2,6-7,13-17H2,1H3,(H,30,37)/t22?,23-/m0/s1. The van der Waals surface area contributed by atoms with Gasteiger partial charge in [-0.1, -0.05) is 66.5 Å². The first kappa shape index (κ1) is 28.5. The second-order valence-corrected chi connectivity index (χ2v) is 10.1. The van der Waals surface area contributed by atoms with Crippen molar-refractivity contribution >= 4 is 41.0 Å². The zero-order valence-corrected chi connectivity index (χ0v) is 23.1. The average molecular weight is 573 g/mol. The number of amides is 2. The van der Waals surface area contributed by atoms with Gasteiger partial charge in [-0.05, 0) is 59.4 Å². The highest BCUT2D eigenvalue weighted by Gasteiger charge is 2.35. The molecule has 0 radical (unpaired) electrons. The fraction of sp³-hybridized carbons (Fsp3) is 0.407. The minimum atomic E-state index is -0.775. The second-order valence-electron chi connectivity index (χ2n) is 9.31. The molecule has 2 heterocycles. The van der Waals surface area contributed by atoms with E-state index in [9.17, 15) is 14.4 Å². The van der Waals surface area contributed by atoms with E-state index in [0.29, 0.717) is 40.8 Å². The first-order valence-corrected chi connectivity index (χ1v) is 13.6. The molecular formula is C27H30Cl2N6O4. The van der Waals surface area contributed by atoms with Crippen LogP contribution in [-0.4, -0.2) is 61.5 Å². The lowest BCUT2D eigenvalue weighted by atomic mass is 10.0. The minimum absolute atomic E-state index is 0.119. The largest absolute Gasteiger partial charge is 0.445 e. The van der Waals surface area contributed by atoms with Crippen molar-refractivity contribution in [3.8, 4) is 0 Å². The van der Waals surface area contributed by atoms with Gasteiger partial charge in [-0.3, -0.25) is 14.5 Å². The molecule has 1 N–H and O–H groups in total. The van der Waals surface area contributed by atoms with Crippen LogP contribution in [0.2, 0.25) is 10.0 Å². The number of Topliss-reactive ketones (excluding diaryl/α,β-unsaturated/α-hetero) is 1. The van der Waals surface area contributed by atoms with E-state index in [2.05, 4.69) is 20.8 Å². The molecular weight excluding hydrogens is 543 g/mol. The Kier molecular flexibility index (Phi) is 9.89. The van der Waals surface area contributed by atoms with Crippen LogP contribution in [0.4, 0.5) is 4.79 Å². The number of hydrogen-bond donors (Lipinski definition) is 1. The SMILES string of the molecule is CCC(NC(=O)[C@@H]1CCCCN1C(=O)OCc1ccccc1)C(=O)Cn1nnnc1Cc1c(Cl)cccc1Cl. The van der Waals surface area contributed by atoms with E-state index in [4.69, 9.17) is 27.9 Å². The Balaban J connectivity index is 1.38. The smallest absolute Gasteiger partial charge is 0.410 e. The van der Waals surface area contributed by atoms with E-state index in [1.54, 1.807) is 25.1 Å². The number of carbonyl (C=O) groups is 3. The van der Waals surface area contributed by atoms with Crippen molar-refractivity contribution in [3.63, 3.8) is 0 Å². The summed E-state index contributed by atoms with van der Waals surface area (Å²) in [6.07, 6.45) is 2.12. The maximum absolute atomic E-state index is 13.3. The molecule has 0 spiro atoms. The highest BCUT2D eigenvalue weighted by molar-refractivity contribution is 6.36. The van der Waals surface area contributed by atoms with Crippen molar-refractivity contribution in [2.24, 2.45) is 0 Å². The number of carbonyl (C=O) groups excluding carboxylic acids is 3. The summed E-state index contributed by atoms with van der Waals surface area (Å²) in [4.78, 5) is 40.7. The molecule has 2 aromatic carbocycles. The molecule has 1 aromatic heterocycles. The number of rotatable bonds is 10. The Morgan fingerprint density at radius 3 is 2.54 bits per heavy atom. The summed E-state index contributed by atoms with van der Waals surface area (Å²) in [5, 5.41) is 15.4.